The Morgan fingerprint density at radius 1 is 1.47 bits per heavy atom. The Hall–Kier alpha value is -1.00. The van der Waals surface area contributed by atoms with E-state index in [1.54, 1.807) is 19.4 Å². The van der Waals surface area contributed by atoms with Crippen molar-refractivity contribution in [2.75, 3.05) is 38.2 Å². The molecule has 2 heterocycles. The van der Waals surface area contributed by atoms with Crippen LogP contribution in [0.25, 0.3) is 0 Å². The Morgan fingerprint density at radius 3 is 2.87 bits per heavy atom. The summed E-state index contributed by atoms with van der Waals surface area (Å²) in [6.45, 7) is 3.81. The van der Waals surface area contributed by atoms with E-state index < -0.39 is 0 Å². The zero-order chi connectivity index (χ0) is 10.7. The van der Waals surface area contributed by atoms with Crippen LogP contribution in [0.4, 0.5) is 5.82 Å². The van der Waals surface area contributed by atoms with Gasteiger partial charge in [-0.15, -0.1) is 0 Å². The van der Waals surface area contributed by atoms with E-state index in [1.165, 1.54) is 0 Å². The van der Waals surface area contributed by atoms with E-state index in [0.29, 0.717) is 10.8 Å². The SMILES string of the molecule is COc1c(Cl)ccnc1N1CCNCC1. The smallest absolute Gasteiger partial charge is 0.180 e. The van der Waals surface area contributed by atoms with Gasteiger partial charge in [-0.2, -0.15) is 0 Å². The van der Waals surface area contributed by atoms with Crippen LogP contribution >= 0.6 is 11.6 Å². The zero-order valence-electron chi connectivity index (χ0n) is 8.66. The van der Waals surface area contributed by atoms with Gasteiger partial charge in [-0.25, -0.2) is 4.98 Å². The van der Waals surface area contributed by atoms with Gasteiger partial charge < -0.3 is 15.0 Å². The molecule has 1 saturated heterocycles. The molecule has 1 N–H and O–H groups in total. The van der Waals surface area contributed by atoms with Gasteiger partial charge in [0, 0.05) is 32.4 Å². The number of ether oxygens (including phenoxy) is 1. The van der Waals surface area contributed by atoms with E-state index in [0.717, 1.165) is 32.0 Å². The zero-order valence-corrected chi connectivity index (χ0v) is 9.42. The van der Waals surface area contributed by atoms with Gasteiger partial charge >= 0.3 is 0 Å². The maximum absolute atomic E-state index is 6.04. The van der Waals surface area contributed by atoms with Crippen molar-refractivity contribution < 1.29 is 4.74 Å². The van der Waals surface area contributed by atoms with E-state index >= 15 is 0 Å². The first-order chi connectivity index (χ1) is 7.33. The van der Waals surface area contributed by atoms with E-state index in [1.807, 2.05) is 0 Å². The molecular formula is C10H14ClN3O. The van der Waals surface area contributed by atoms with E-state index in [-0.39, 0.29) is 0 Å². The minimum atomic E-state index is 0.612. The van der Waals surface area contributed by atoms with Crippen LogP contribution in [0.5, 0.6) is 5.75 Å². The summed E-state index contributed by atoms with van der Waals surface area (Å²) >= 11 is 6.04. The van der Waals surface area contributed by atoms with E-state index in [4.69, 9.17) is 16.3 Å². The number of nitrogens with zero attached hydrogens (tertiary/aromatic N) is 2. The summed E-state index contributed by atoms with van der Waals surface area (Å²) in [5, 5.41) is 3.91. The van der Waals surface area contributed by atoms with Crippen molar-refractivity contribution in [2.24, 2.45) is 0 Å². The normalized spacial score (nSPS) is 16.5. The third-order valence-corrected chi connectivity index (χ3v) is 2.76. The van der Waals surface area contributed by atoms with E-state index in [2.05, 4.69) is 15.2 Å². The van der Waals surface area contributed by atoms with Gasteiger partial charge in [-0.3, -0.25) is 0 Å². The summed E-state index contributed by atoms with van der Waals surface area (Å²) in [5.41, 5.74) is 0. The van der Waals surface area contributed by atoms with E-state index in [9.17, 15) is 0 Å². The molecule has 0 aliphatic carbocycles. The van der Waals surface area contributed by atoms with Crippen molar-refractivity contribution in [3.05, 3.63) is 17.3 Å². The quantitative estimate of drug-likeness (QED) is 0.823. The fourth-order valence-corrected chi connectivity index (χ4v) is 1.92. The van der Waals surface area contributed by atoms with Gasteiger partial charge in [-0.05, 0) is 6.07 Å². The molecule has 1 aromatic rings. The van der Waals surface area contributed by atoms with Crippen LogP contribution in [-0.2, 0) is 0 Å². The second-order valence-electron chi connectivity index (χ2n) is 3.39. The average Bonchev–Trinajstić information content (AvgIpc) is 2.30. The minimum Gasteiger partial charge on any atom is -0.491 e. The number of hydrogen-bond acceptors (Lipinski definition) is 4. The number of rotatable bonds is 2. The maximum atomic E-state index is 6.04. The average molecular weight is 228 g/mol. The third-order valence-electron chi connectivity index (χ3n) is 2.46. The first-order valence-corrected chi connectivity index (χ1v) is 5.35. The molecule has 1 fully saturated rings. The van der Waals surface area contributed by atoms with Crippen LogP contribution in [0.2, 0.25) is 5.02 Å². The molecule has 0 bridgehead atoms. The number of aromatic nitrogens is 1. The molecule has 0 saturated carbocycles. The second-order valence-corrected chi connectivity index (χ2v) is 3.79. The summed E-state index contributed by atoms with van der Waals surface area (Å²) in [5.74, 6) is 1.51. The lowest BCUT2D eigenvalue weighted by Crippen LogP contribution is -2.44. The minimum absolute atomic E-state index is 0.612. The number of anilines is 1. The van der Waals surface area contributed by atoms with Gasteiger partial charge in [0.2, 0.25) is 0 Å². The van der Waals surface area contributed by atoms with Gasteiger partial charge in [0.05, 0.1) is 12.1 Å². The summed E-state index contributed by atoms with van der Waals surface area (Å²) < 4.78 is 5.27. The molecule has 2 rings (SSSR count). The van der Waals surface area contributed by atoms with Gasteiger partial charge in [-0.1, -0.05) is 11.6 Å². The highest BCUT2D eigenvalue weighted by Gasteiger charge is 2.17. The van der Waals surface area contributed by atoms with Crippen molar-refractivity contribution in [1.29, 1.82) is 0 Å². The highest BCUT2D eigenvalue weighted by Crippen LogP contribution is 2.32. The van der Waals surface area contributed by atoms with Crippen LogP contribution in [-0.4, -0.2) is 38.3 Å². The number of nitrogens with one attached hydrogen (secondary N) is 1. The summed E-state index contributed by atoms with van der Waals surface area (Å²) in [7, 11) is 1.62. The Balaban J connectivity index is 2.29. The number of methoxy groups -OCH3 is 1. The van der Waals surface area contributed by atoms with Crippen LogP contribution in [0, 0.1) is 0 Å². The lowest BCUT2D eigenvalue weighted by molar-refractivity contribution is 0.411. The van der Waals surface area contributed by atoms with Crippen molar-refractivity contribution >= 4 is 17.4 Å². The molecule has 5 heteroatoms. The van der Waals surface area contributed by atoms with Crippen molar-refractivity contribution in [3.8, 4) is 5.75 Å². The number of hydrogen-bond donors (Lipinski definition) is 1. The van der Waals surface area contributed by atoms with Crippen molar-refractivity contribution in [2.45, 2.75) is 0 Å². The van der Waals surface area contributed by atoms with Crippen LogP contribution in [0.15, 0.2) is 12.3 Å². The molecule has 4 nitrogen and oxygen atoms in total. The molecule has 0 aromatic carbocycles. The Morgan fingerprint density at radius 2 is 2.20 bits per heavy atom. The second kappa shape index (κ2) is 4.68. The Bertz CT molecular complexity index is 339. The molecule has 1 aromatic heterocycles. The standard InChI is InChI=1S/C10H14ClN3O/c1-15-9-8(11)2-3-13-10(9)14-6-4-12-5-7-14/h2-3,12H,4-7H2,1H3. The topological polar surface area (TPSA) is 37.4 Å². The lowest BCUT2D eigenvalue weighted by atomic mass is 10.3. The largest absolute Gasteiger partial charge is 0.491 e. The highest BCUT2D eigenvalue weighted by atomic mass is 35.5. The predicted octanol–water partition coefficient (Wildman–Crippen LogP) is 1.15. The van der Waals surface area contributed by atoms with Crippen LogP contribution < -0.4 is 15.0 Å². The monoisotopic (exact) mass is 227 g/mol. The summed E-state index contributed by atoms with van der Waals surface area (Å²) in [4.78, 5) is 6.50. The molecule has 0 amide bonds. The molecule has 0 spiro atoms. The maximum Gasteiger partial charge on any atom is 0.180 e. The van der Waals surface area contributed by atoms with Crippen LogP contribution in [0.3, 0.4) is 0 Å². The fraction of sp³-hybridized carbons (Fsp3) is 0.500. The fourth-order valence-electron chi connectivity index (χ4n) is 1.71. The molecular weight excluding hydrogens is 214 g/mol. The molecule has 0 radical (unpaired) electrons. The predicted molar refractivity (Wildman–Crippen MR) is 60.9 cm³/mol. The van der Waals surface area contributed by atoms with Crippen molar-refractivity contribution in [1.82, 2.24) is 10.3 Å². The Labute approximate surface area is 94.2 Å². The number of pyridine rings is 1. The summed E-state index contributed by atoms with van der Waals surface area (Å²) in [6, 6.07) is 1.74. The van der Waals surface area contributed by atoms with Crippen LogP contribution in [0.1, 0.15) is 0 Å². The van der Waals surface area contributed by atoms with Gasteiger partial charge in [0.25, 0.3) is 0 Å². The molecule has 1 aliphatic heterocycles. The number of piperazine rings is 1. The molecule has 0 unspecified atom stereocenters. The molecule has 82 valence electrons. The van der Waals surface area contributed by atoms with Crippen molar-refractivity contribution in [3.63, 3.8) is 0 Å². The molecule has 1 aliphatic rings. The first kappa shape index (κ1) is 10.5. The van der Waals surface area contributed by atoms with Gasteiger partial charge in [0.1, 0.15) is 0 Å². The first-order valence-electron chi connectivity index (χ1n) is 4.97. The van der Waals surface area contributed by atoms with Gasteiger partial charge in [0.15, 0.2) is 11.6 Å². The highest BCUT2D eigenvalue weighted by molar-refractivity contribution is 6.32. The molecule has 15 heavy (non-hydrogen) atoms. The third kappa shape index (κ3) is 2.16. The summed E-state index contributed by atoms with van der Waals surface area (Å²) in [6.07, 6.45) is 1.71. The lowest BCUT2D eigenvalue weighted by Gasteiger charge is -2.29. The number of halogens is 1. The molecule has 0 atom stereocenters. The Kier molecular flexibility index (Phi) is 3.28.